The highest BCUT2D eigenvalue weighted by Crippen LogP contribution is 2.11. The van der Waals surface area contributed by atoms with E-state index in [1.165, 1.54) is 0 Å². The number of carbonyl (C=O) groups is 2. The first-order valence-electron chi connectivity index (χ1n) is 6.48. The number of amides is 2. The molecule has 0 unspecified atom stereocenters. The molecule has 0 atom stereocenters. The van der Waals surface area contributed by atoms with Crippen LogP contribution in [0.25, 0.3) is 0 Å². The van der Waals surface area contributed by atoms with Crippen LogP contribution in [0.4, 0.5) is 0 Å². The molecule has 4 nitrogen and oxygen atoms in total. The Morgan fingerprint density at radius 3 is 2.35 bits per heavy atom. The summed E-state index contributed by atoms with van der Waals surface area (Å²) in [6.07, 6.45) is 0. The van der Waals surface area contributed by atoms with Gasteiger partial charge in [0, 0.05) is 11.0 Å². The van der Waals surface area contributed by atoms with Crippen LogP contribution < -0.4 is 10.6 Å². The van der Waals surface area contributed by atoms with Crippen LogP contribution in [0.3, 0.4) is 0 Å². The molecule has 4 heteroatoms. The lowest BCUT2D eigenvalue weighted by atomic mass is 9.96. The van der Waals surface area contributed by atoms with Crippen molar-refractivity contribution in [3.63, 3.8) is 0 Å². The lowest BCUT2D eigenvalue weighted by molar-refractivity contribution is -0.131. The Kier molecular flexibility index (Phi) is 5.79. The van der Waals surface area contributed by atoms with Crippen molar-refractivity contribution >= 4 is 11.8 Å². The van der Waals surface area contributed by atoms with Crippen LogP contribution in [0, 0.1) is 17.3 Å². The molecule has 0 aliphatic carbocycles. The number of hydrogen-bond acceptors (Lipinski definition) is 2. The predicted octanol–water partition coefficient (Wildman–Crippen LogP) is 1.32. The summed E-state index contributed by atoms with van der Waals surface area (Å²) >= 11 is 0. The van der Waals surface area contributed by atoms with Gasteiger partial charge in [0.05, 0.1) is 13.1 Å². The minimum absolute atomic E-state index is 0.0247. The van der Waals surface area contributed by atoms with Crippen molar-refractivity contribution < 1.29 is 9.59 Å². The van der Waals surface area contributed by atoms with Gasteiger partial charge in [-0.2, -0.15) is 0 Å². The predicted molar refractivity (Wildman–Crippen MR) is 78.8 cm³/mol. The van der Waals surface area contributed by atoms with Gasteiger partial charge in [-0.15, -0.1) is 0 Å². The number of carbonyl (C=O) groups excluding carboxylic acids is 2. The maximum Gasteiger partial charge on any atom is 0.240 e. The second-order valence-electron chi connectivity index (χ2n) is 5.38. The van der Waals surface area contributed by atoms with E-state index < -0.39 is 5.41 Å². The third kappa shape index (κ3) is 6.05. The minimum atomic E-state index is -0.493. The highest BCUT2D eigenvalue weighted by Gasteiger charge is 2.21. The van der Waals surface area contributed by atoms with Crippen molar-refractivity contribution in [2.45, 2.75) is 20.8 Å². The van der Waals surface area contributed by atoms with Gasteiger partial charge in [0.15, 0.2) is 0 Å². The van der Waals surface area contributed by atoms with Crippen LogP contribution in [0.5, 0.6) is 0 Å². The van der Waals surface area contributed by atoms with E-state index in [2.05, 4.69) is 22.5 Å². The topological polar surface area (TPSA) is 58.2 Å². The van der Waals surface area contributed by atoms with E-state index >= 15 is 0 Å². The second kappa shape index (κ2) is 7.34. The van der Waals surface area contributed by atoms with Crippen molar-refractivity contribution in [3.8, 4) is 11.8 Å². The van der Waals surface area contributed by atoms with Crippen LogP contribution in [-0.4, -0.2) is 24.9 Å². The molecule has 0 heterocycles. The van der Waals surface area contributed by atoms with Crippen molar-refractivity contribution in [1.82, 2.24) is 10.6 Å². The van der Waals surface area contributed by atoms with Crippen molar-refractivity contribution in [2.75, 3.05) is 13.1 Å². The Morgan fingerprint density at radius 1 is 1.10 bits per heavy atom. The maximum atomic E-state index is 11.6. The molecule has 0 aromatic heterocycles. The molecule has 1 aromatic carbocycles. The number of nitrogens with one attached hydrogen (secondary N) is 2. The van der Waals surface area contributed by atoms with Crippen LogP contribution in [0.1, 0.15) is 26.3 Å². The molecule has 0 saturated carbocycles. The van der Waals surface area contributed by atoms with E-state index in [9.17, 15) is 9.59 Å². The van der Waals surface area contributed by atoms with Gasteiger partial charge in [-0.05, 0) is 12.1 Å². The molecule has 0 saturated heterocycles. The van der Waals surface area contributed by atoms with Gasteiger partial charge in [-0.3, -0.25) is 9.59 Å². The Labute approximate surface area is 120 Å². The van der Waals surface area contributed by atoms with Gasteiger partial charge in [0.25, 0.3) is 0 Å². The Morgan fingerprint density at radius 2 is 1.75 bits per heavy atom. The molecule has 1 aromatic rings. The van der Waals surface area contributed by atoms with Gasteiger partial charge < -0.3 is 10.6 Å². The molecule has 20 heavy (non-hydrogen) atoms. The standard InChI is InChI=1S/C16H20N2O2/c1-16(2,3)15(20)18-12-14(19)17-11-7-10-13-8-5-4-6-9-13/h4-6,8-9H,11-12H2,1-3H3,(H,17,19)(H,18,20). The fraction of sp³-hybridized carbons (Fsp3) is 0.375. The Bertz CT molecular complexity index is 519. The minimum Gasteiger partial charge on any atom is -0.347 e. The molecule has 0 bridgehead atoms. The highest BCUT2D eigenvalue weighted by atomic mass is 16.2. The summed E-state index contributed by atoms with van der Waals surface area (Å²) in [6.45, 7) is 5.63. The fourth-order valence-electron chi connectivity index (χ4n) is 1.30. The monoisotopic (exact) mass is 272 g/mol. The average Bonchev–Trinajstić information content (AvgIpc) is 2.41. The summed E-state index contributed by atoms with van der Waals surface area (Å²) in [4.78, 5) is 23.1. The number of benzene rings is 1. The largest absolute Gasteiger partial charge is 0.347 e. The number of hydrogen-bond donors (Lipinski definition) is 2. The summed E-state index contributed by atoms with van der Waals surface area (Å²) in [5.74, 6) is 5.40. The lowest BCUT2D eigenvalue weighted by Crippen LogP contribution is -2.41. The molecular weight excluding hydrogens is 252 g/mol. The molecule has 0 spiro atoms. The van der Waals surface area contributed by atoms with E-state index in [4.69, 9.17) is 0 Å². The first-order chi connectivity index (χ1) is 9.39. The quantitative estimate of drug-likeness (QED) is 0.815. The molecule has 0 fully saturated rings. The van der Waals surface area contributed by atoms with Gasteiger partial charge in [-0.1, -0.05) is 50.8 Å². The summed E-state index contributed by atoms with van der Waals surface area (Å²) < 4.78 is 0. The smallest absolute Gasteiger partial charge is 0.240 e. The summed E-state index contributed by atoms with van der Waals surface area (Å²) in [5.41, 5.74) is 0.413. The second-order valence-corrected chi connectivity index (χ2v) is 5.38. The van der Waals surface area contributed by atoms with Gasteiger partial charge >= 0.3 is 0 Å². The molecule has 0 aliphatic heterocycles. The molecule has 106 valence electrons. The van der Waals surface area contributed by atoms with Gasteiger partial charge in [0.2, 0.25) is 11.8 Å². The van der Waals surface area contributed by atoms with Crippen LogP contribution in [-0.2, 0) is 9.59 Å². The zero-order valence-corrected chi connectivity index (χ0v) is 12.1. The van der Waals surface area contributed by atoms with Gasteiger partial charge in [0.1, 0.15) is 0 Å². The normalized spacial score (nSPS) is 10.2. The molecule has 2 N–H and O–H groups in total. The SMILES string of the molecule is CC(C)(C)C(=O)NCC(=O)NCC#Cc1ccccc1. The molecule has 0 radical (unpaired) electrons. The molecule has 2 amide bonds. The van der Waals surface area contributed by atoms with E-state index in [-0.39, 0.29) is 24.9 Å². The van der Waals surface area contributed by atoms with E-state index in [0.717, 1.165) is 5.56 Å². The van der Waals surface area contributed by atoms with Crippen molar-refractivity contribution in [2.24, 2.45) is 5.41 Å². The van der Waals surface area contributed by atoms with Crippen LogP contribution in [0.2, 0.25) is 0 Å². The summed E-state index contributed by atoms with van der Waals surface area (Å²) in [5, 5.41) is 5.21. The van der Waals surface area contributed by atoms with Crippen LogP contribution in [0.15, 0.2) is 30.3 Å². The molecule has 1 rings (SSSR count). The van der Waals surface area contributed by atoms with Gasteiger partial charge in [-0.25, -0.2) is 0 Å². The van der Waals surface area contributed by atoms with E-state index in [0.29, 0.717) is 0 Å². The zero-order valence-electron chi connectivity index (χ0n) is 12.1. The first kappa shape index (κ1) is 15.8. The Hall–Kier alpha value is -2.28. The average molecular weight is 272 g/mol. The van der Waals surface area contributed by atoms with Crippen LogP contribution >= 0.6 is 0 Å². The Balaban J connectivity index is 2.28. The fourth-order valence-corrected chi connectivity index (χ4v) is 1.30. The zero-order chi connectivity index (χ0) is 15.0. The third-order valence-electron chi connectivity index (χ3n) is 2.47. The third-order valence-corrected chi connectivity index (χ3v) is 2.47. The first-order valence-corrected chi connectivity index (χ1v) is 6.48. The lowest BCUT2D eigenvalue weighted by Gasteiger charge is -2.17. The number of rotatable bonds is 3. The van der Waals surface area contributed by atoms with E-state index in [1.54, 1.807) is 20.8 Å². The van der Waals surface area contributed by atoms with E-state index in [1.807, 2.05) is 30.3 Å². The maximum absolute atomic E-state index is 11.6. The molecule has 0 aliphatic rings. The molecular formula is C16H20N2O2. The van der Waals surface area contributed by atoms with Crippen molar-refractivity contribution in [3.05, 3.63) is 35.9 Å². The highest BCUT2D eigenvalue weighted by molar-refractivity contribution is 5.87. The van der Waals surface area contributed by atoms with Crippen molar-refractivity contribution in [1.29, 1.82) is 0 Å². The summed E-state index contributed by atoms with van der Waals surface area (Å²) in [7, 11) is 0. The summed E-state index contributed by atoms with van der Waals surface area (Å²) in [6, 6.07) is 9.54.